The van der Waals surface area contributed by atoms with E-state index in [9.17, 15) is 0 Å². The molecule has 0 bridgehead atoms. The number of benzene rings is 1. The highest BCUT2D eigenvalue weighted by molar-refractivity contribution is 5.87. The summed E-state index contributed by atoms with van der Waals surface area (Å²) in [4.78, 5) is 16.0. The summed E-state index contributed by atoms with van der Waals surface area (Å²) in [5, 5.41) is 9.17. The Bertz CT molecular complexity index is 984. The van der Waals surface area contributed by atoms with Crippen LogP contribution in [0.2, 0.25) is 0 Å². The molecule has 1 aromatic heterocycles. The number of hydrogen-bond donors (Lipinski definition) is 1. The van der Waals surface area contributed by atoms with Gasteiger partial charge in [0, 0.05) is 50.9 Å². The summed E-state index contributed by atoms with van der Waals surface area (Å²) in [6.07, 6.45) is 2.92. The van der Waals surface area contributed by atoms with Crippen LogP contribution < -0.4 is 15.5 Å². The Morgan fingerprint density at radius 1 is 1.20 bits per heavy atom. The van der Waals surface area contributed by atoms with E-state index < -0.39 is 0 Å². The SMILES string of the molecule is CN1CCN(c2ccc3c(c2N(C)CCC#N)CC(C)(C)c2c(N)ncnc2-3)CC1. The van der Waals surface area contributed by atoms with Crippen LogP contribution in [0.4, 0.5) is 17.2 Å². The van der Waals surface area contributed by atoms with Crippen molar-refractivity contribution in [3.63, 3.8) is 0 Å². The number of rotatable bonds is 4. The zero-order valence-corrected chi connectivity index (χ0v) is 18.4. The van der Waals surface area contributed by atoms with Gasteiger partial charge in [-0.1, -0.05) is 19.9 Å². The molecule has 7 nitrogen and oxygen atoms in total. The molecule has 0 atom stereocenters. The van der Waals surface area contributed by atoms with E-state index in [0.29, 0.717) is 18.8 Å². The third-order valence-corrected chi connectivity index (χ3v) is 6.47. The molecule has 7 heteroatoms. The molecule has 2 aliphatic rings. The van der Waals surface area contributed by atoms with Crippen molar-refractivity contribution in [2.24, 2.45) is 0 Å². The van der Waals surface area contributed by atoms with E-state index in [2.05, 4.69) is 70.8 Å². The van der Waals surface area contributed by atoms with Gasteiger partial charge in [0.15, 0.2) is 0 Å². The van der Waals surface area contributed by atoms with Gasteiger partial charge in [-0.2, -0.15) is 5.26 Å². The van der Waals surface area contributed by atoms with Gasteiger partial charge in [-0.3, -0.25) is 0 Å². The molecule has 0 saturated carbocycles. The average molecular weight is 406 g/mol. The van der Waals surface area contributed by atoms with Crippen LogP contribution in [-0.4, -0.2) is 61.7 Å². The monoisotopic (exact) mass is 405 g/mol. The summed E-state index contributed by atoms with van der Waals surface area (Å²) >= 11 is 0. The van der Waals surface area contributed by atoms with Gasteiger partial charge in [0.2, 0.25) is 0 Å². The zero-order chi connectivity index (χ0) is 21.5. The van der Waals surface area contributed by atoms with Crippen molar-refractivity contribution in [3.8, 4) is 17.3 Å². The van der Waals surface area contributed by atoms with Crippen molar-refractivity contribution in [2.45, 2.75) is 32.1 Å². The second kappa shape index (κ2) is 7.77. The summed E-state index contributed by atoms with van der Waals surface area (Å²) < 4.78 is 0. The van der Waals surface area contributed by atoms with Gasteiger partial charge in [0.05, 0.1) is 29.6 Å². The fraction of sp³-hybridized carbons (Fsp3) is 0.522. The third-order valence-electron chi connectivity index (χ3n) is 6.47. The Hall–Kier alpha value is -2.85. The van der Waals surface area contributed by atoms with Crippen molar-refractivity contribution in [1.29, 1.82) is 5.26 Å². The maximum Gasteiger partial charge on any atom is 0.131 e. The molecular weight excluding hydrogens is 374 g/mol. The Kier molecular flexibility index (Phi) is 5.29. The number of nitrogens with zero attached hydrogens (tertiary/aromatic N) is 6. The number of piperazine rings is 1. The normalized spacial score (nSPS) is 17.8. The second-order valence-electron chi connectivity index (χ2n) is 9.12. The van der Waals surface area contributed by atoms with Crippen LogP contribution in [0.15, 0.2) is 18.5 Å². The van der Waals surface area contributed by atoms with Gasteiger partial charge in [-0.25, -0.2) is 9.97 Å². The molecule has 4 rings (SSSR count). The lowest BCUT2D eigenvalue weighted by molar-refractivity contribution is 0.313. The molecule has 1 aliphatic heterocycles. The lowest BCUT2D eigenvalue weighted by Gasteiger charge is -2.40. The quantitative estimate of drug-likeness (QED) is 0.837. The molecule has 30 heavy (non-hydrogen) atoms. The molecule has 0 unspecified atom stereocenters. The van der Waals surface area contributed by atoms with E-state index in [1.54, 1.807) is 6.33 Å². The molecular formula is C23H31N7. The van der Waals surface area contributed by atoms with Crippen LogP contribution in [0.3, 0.4) is 0 Å². The molecule has 1 saturated heterocycles. The Balaban J connectivity index is 1.89. The molecule has 2 heterocycles. The van der Waals surface area contributed by atoms with Crippen molar-refractivity contribution >= 4 is 17.2 Å². The Labute approximate surface area is 179 Å². The predicted molar refractivity (Wildman–Crippen MR) is 122 cm³/mol. The van der Waals surface area contributed by atoms with Gasteiger partial charge >= 0.3 is 0 Å². The highest BCUT2D eigenvalue weighted by atomic mass is 15.3. The zero-order valence-electron chi connectivity index (χ0n) is 18.4. The number of nitrogens with two attached hydrogens (primary N) is 1. The maximum absolute atomic E-state index is 9.17. The largest absolute Gasteiger partial charge is 0.383 e. The Morgan fingerprint density at radius 2 is 1.93 bits per heavy atom. The number of nitrogen functional groups attached to an aromatic ring is 1. The lowest BCUT2D eigenvalue weighted by Crippen LogP contribution is -2.45. The first-order valence-electron chi connectivity index (χ1n) is 10.6. The summed E-state index contributed by atoms with van der Waals surface area (Å²) in [6, 6.07) is 6.72. The molecule has 2 N–H and O–H groups in total. The summed E-state index contributed by atoms with van der Waals surface area (Å²) in [6.45, 7) is 9.25. The fourth-order valence-corrected chi connectivity index (χ4v) is 4.88. The highest BCUT2D eigenvalue weighted by Gasteiger charge is 2.37. The van der Waals surface area contributed by atoms with Crippen LogP contribution in [0.5, 0.6) is 0 Å². The number of nitriles is 1. The van der Waals surface area contributed by atoms with Gasteiger partial charge in [-0.05, 0) is 30.5 Å². The smallest absolute Gasteiger partial charge is 0.131 e. The van der Waals surface area contributed by atoms with E-state index in [1.165, 1.54) is 16.9 Å². The highest BCUT2D eigenvalue weighted by Crippen LogP contribution is 2.49. The first kappa shape index (κ1) is 20.4. The summed E-state index contributed by atoms with van der Waals surface area (Å²) in [7, 11) is 4.27. The predicted octanol–water partition coefficient (Wildman–Crippen LogP) is 2.66. The lowest BCUT2D eigenvalue weighted by atomic mass is 9.71. The molecule has 1 aromatic carbocycles. The number of hydrogen-bond acceptors (Lipinski definition) is 7. The van der Waals surface area contributed by atoms with E-state index in [0.717, 1.165) is 49.4 Å². The van der Waals surface area contributed by atoms with Crippen LogP contribution in [0, 0.1) is 11.3 Å². The van der Waals surface area contributed by atoms with Gasteiger partial charge in [0.1, 0.15) is 12.1 Å². The van der Waals surface area contributed by atoms with E-state index in [4.69, 9.17) is 11.0 Å². The van der Waals surface area contributed by atoms with Crippen LogP contribution in [-0.2, 0) is 11.8 Å². The molecule has 0 amide bonds. The number of anilines is 3. The van der Waals surface area contributed by atoms with E-state index in [-0.39, 0.29) is 5.41 Å². The van der Waals surface area contributed by atoms with E-state index in [1.807, 2.05) is 0 Å². The van der Waals surface area contributed by atoms with E-state index >= 15 is 0 Å². The van der Waals surface area contributed by atoms with Crippen molar-refractivity contribution in [3.05, 3.63) is 29.6 Å². The van der Waals surface area contributed by atoms with Gasteiger partial charge in [0.25, 0.3) is 0 Å². The molecule has 158 valence electrons. The molecule has 1 fully saturated rings. The standard InChI is InChI=1S/C23H31N7/c1-23(2)14-17-16(20-19(23)22(25)27-15-26-20)6-7-18(21(17)29(4)9-5-8-24)30-12-10-28(3)11-13-30/h6-7,15H,5,9-14H2,1-4H3,(H2,25,26,27). The third kappa shape index (κ3) is 3.46. The minimum atomic E-state index is -0.167. The van der Waals surface area contributed by atoms with Crippen molar-refractivity contribution in [1.82, 2.24) is 14.9 Å². The molecule has 2 aromatic rings. The number of fused-ring (bicyclic) bond motifs is 3. The molecule has 0 radical (unpaired) electrons. The van der Waals surface area contributed by atoms with Crippen molar-refractivity contribution < 1.29 is 0 Å². The number of likely N-dealkylation sites (N-methyl/N-ethyl adjacent to an activating group) is 1. The van der Waals surface area contributed by atoms with Crippen molar-refractivity contribution in [2.75, 3.05) is 62.4 Å². The topological polar surface area (TPSA) is 85.3 Å². The minimum Gasteiger partial charge on any atom is -0.383 e. The molecule has 1 aliphatic carbocycles. The maximum atomic E-state index is 9.17. The number of aromatic nitrogens is 2. The second-order valence-corrected chi connectivity index (χ2v) is 9.12. The molecule has 0 spiro atoms. The van der Waals surface area contributed by atoms with Gasteiger partial charge < -0.3 is 20.4 Å². The van der Waals surface area contributed by atoms with Gasteiger partial charge in [-0.15, -0.1) is 0 Å². The van der Waals surface area contributed by atoms with Crippen LogP contribution in [0.25, 0.3) is 11.3 Å². The van der Waals surface area contributed by atoms with Crippen LogP contribution >= 0.6 is 0 Å². The summed E-state index contributed by atoms with van der Waals surface area (Å²) in [5.74, 6) is 0.568. The summed E-state index contributed by atoms with van der Waals surface area (Å²) in [5.41, 5.74) is 13.0. The Morgan fingerprint density at radius 3 is 2.63 bits per heavy atom. The first-order valence-corrected chi connectivity index (χ1v) is 10.6. The van der Waals surface area contributed by atoms with Crippen LogP contribution in [0.1, 0.15) is 31.4 Å². The first-order chi connectivity index (χ1) is 14.3. The minimum absolute atomic E-state index is 0.167. The fourth-order valence-electron chi connectivity index (χ4n) is 4.88. The average Bonchev–Trinajstić information content (AvgIpc) is 2.71.